The van der Waals surface area contributed by atoms with Crippen LogP contribution < -0.4 is 5.32 Å². The Kier molecular flexibility index (Phi) is 6.01. The Labute approximate surface area is 168 Å². The molecule has 0 unspecified atom stereocenters. The zero-order valence-electron chi connectivity index (χ0n) is 16.5. The largest absolute Gasteiger partial charge is 0.345 e. The van der Waals surface area contributed by atoms with Gasteiger partial charge in [-0.1, -0.05) is 57.2 Å². The fourth-order valence-corrected chi connectivity index (χ4v) is 5.03. The third-order valence-electron chi connectivity index (χ3n) is 5.56. The van der Waals surface area contributed by atoms with E-state index < -0.39 is 0 Å². The van der Waals surface area contributed by atoms with Crippen molar-refractivity contribution in [2.45, 2.75) is 52.5 Å². The normalized spacial score (nSPS) is 21.4. The molecule has 0 spiro atoms. The molecule has 1 N–H and O–H groups in total. The molecule has 0 aliphatic heterocycles. The minimum atomic E-state index is 0.308. The van der Waals surface area contributed by atoms with Gasteiger partial charge in [0.2, 0.25) is 0 Å². The first-order valence-electron chi connectivity index (χ1n) is 9.82. The number of fused-ring (bicyclic) bond motifs is 1. The molecule has 1 fully saturated rings. The van der Waals surface area contributed by atoms with E-state index in [2.05, 4.69) is 79.5 Å². The van der Waals surface area contributed by atoms with Crippen LogP contribution in [0.25, 0.3) is 10.8 Å². The van der Waals surface area contributed by atoms with E-state index in [-0.39, 0.29) is 0 Å². The van der Waals surface area contributed by atoms with Crippen LogP contribution in [0.2, 0.25) is 0 Å². The Balaban J connectivity index is 1.84. The highest BCUT2D eigenvalue weighted by Gasteiger charge is 2.35. The quantitative estimate of drug-likeness (QED) is 0.665. The molecule has 1 aliphatic carbocycles. The van der Waals surface area contributed by atoms with Crippen molar-refractivity contribution in [2.24, 2.45) is 11.3 Å². The lowest BCUT2D eigenvalue weighted by atomic mass is 9.70. The third kappa shape index (κ3) is 4.78. The third-order valence-corrected chi connectivity index (χ3v) is 5.90. The molecule has 0 bridgehead atoms. The SMILES string of the molecule is C[C@H]1C[C@@H](N(CCC#N)C(=S)Nc2cccc3ccccc23)CC(C)(C)C1. The minimum Gasteiger partial charge on any atom is -0.345 e. The first-order valence-corrected chi connectivity index (χ1v) is 10.2. The van der Waals surface area contributed by atoms with Gasteiger partial charge in [0, 0.05) is 23.7 Å². The Bertz CT molecular complexity index is 847. The van der Waals surface area contributed by atoms with Gasteiger partial charge < -0.3 is 10.2 Å². The van der Waals surface area contributed by atoms with Crippen molar-refractivity contribution in [3.8, 4) is 6.07 Å². The molecule has 1 saturated carbocycles. The molecule has 3 rings (SSSR count). The fraction of sp³-hybridized carbons (Fsp3) is 0.478. The van der Waals surface area contributed by atoms with E-state index in [1.807, 2.05) is 0 Å². The van der Waals surface area contributed by atoms with Crippen LogP contribution >= 0.6 is 12.2 Å². The summed E-state index contributed by atoms with van der Waals surface area (Å²) in [5, 5.41) is 15.7. The number of nitriles is 1. The van der Waals surface area contributed by atoms with Crippen LogP contribution in [-0.4, -0.2) is 22.6 Å². The molecule has 4 heteroatoms. The number of hydrogen-bond acceptors (Lipinski definition) is 2. The van der Waals surface area contributed by atoms with Gasteiger partial charge in [0.25, 0.3) is 0 Å². The number of benzene rings is 2. The Morgan fingerprint density at radius 1 is 1.22 bits per heavy atom. The molecular formula is C23H29N3S. The molecule has 1 aliphatic rings. The Morgan fingerprint density at radius 2 is 1.96 bits per heavy atom. The predicted molar refractivity (Wildman–Crippen MR) is 118 cm³/mol. The summed E-state index contributed by atoms with van der Waals surface area (Å²) >= 11 is 5.83. The molecule has 0 amide bonds. The van der Waals surface area contributed by atoms with Crippen molar-refractivity contribution in [1.82, 2.24) is 4.90 Å². The molecule has 3 nitrogen and oxygen atoms in total. The summed E-state index contributed by atoms with van der Waals surface area (Å²) in [6.07, 6.45) is 3.98. The highest BCUT2D eigenvalue weighted by Crippen LogP contribution is 2.40. The van der Waals surface area contributed by atoms with Crippen molar-refractivity contribution < 1.29 is 0 Å². The summed E-state index contributed by atoms with van der Waals surface area (Å²) in [6, 6.07) is 17.2. The average Bonchev–Trinajstić information content (AvgIpc) is 2.61. The minimum absolute atomic E-state index is 0.308. The van der Waals surface area contributed by atoms with Crippen molar-refractivity contribution in [3.05, 3.63) is 42.5 Å². The van der Waals surface area contributed by atoms with Gasteiger partial charge in [-0.05, 0) is 54.3 Å². The smallest absolute Gasteiger partial charge is 0.173 e. The second-order valence-corrected chi connectivity index (χ2v) is 9.01. The Morgan fingerprint density at radius 3 is 2.70 bits per heavy atom. The molecule has 27 heavy (non-hydrogen) atoms. The number of nitrogens with one attached hydrogen (secondary N) is 1. The Hall–Kier alpha value is -2.12. The zero-order valence-corrected chi connectivity index (χ0v) is 17.4. The van der Waals surface area contributed by atoms with E-state index in [1.165, 1.54) is 17.2 Å². The topological polar surface area (TPSA) is 39.1 Å². The number of thiocarbonyl (C=S) groups is 1. The van der Waals surface area contributed by atoms with E-state index in [4.69, 9.17) is 17.5 Å². The summed E-state index contributed by atoms with van der Waals surface area (Å²) in [6.45, 7) is 7.71. The van der Waals surface area contributed by atoms with Gasteiger partial charge in [0.05, 0.1) is 12.5 Å². The van der Waals surface area contributed by atoms with Crippen molar-refractivity contribution in [3.63, 3.8) is 0 Å². The van der Waals surface area contributed by atoms with Crippen molar-refractivity contribution in [2.75, 3.05) is 11.9 Å². The highest BCUT2D eigenvalue weighted by molar-refractivity contribution is 7.80. The molecule has 2 aromatic carbocycles. The van der Waals surface area contributed by atoms with E-state index >= 15 is 0 Å². The molecule has 2 atom stereocenters. The average molecular weight is 380 g/mol. The van der Waals surface area contributed by atoms with Gasteiger partial charge in [-0.25, -0.2) is 0 Å². The van der Waals surface area contributed by atoms with E-state index in [0.717, 1.165) is 23.6 Å². The van der Waals surface area contributed by atoms with Crippen LogP contribution in [0.3, 0.4) is 0 Å². The van der Waals surface area contributed by atoms with Crippen LogP contribution in [0.5, 0.6) is 0 Å². The van der Waals surface area contributed by atoms with Gasteiger partial charge >= 0.3 is 0 Å². The number of hydrogen-bond donors (Lipinski definition) is 1. The van der Waals surface area contributed by atoms with Crippen LogP contribution in [-0.2, 0) is 0 Å². The number of nitrogens with zero attached hydrogens (tertiary/aromatic N) is 2. The molecular weight excluding hydrogens is 350 g/mol. The van der Waals surface area contributed by atoms with E-state index in [9.17, 15) is 0 Å². The van der Waals surface area contributed by atoms with E-state index in [0.29, 0.717) is 30.3 Å². The van der Waals surface area contributed by atoms with Crippen LogP contribution in [0, 0.1) is 22.7 Å². The lowest BCUT2D eigenvalue weighted by Gasteiger charge is -2.44. The van der Waals surface area contributed by atoms with E-state index in [1.54, 1.807) is 0 Å². The molecule has 0 heterocycles. The first kappa shape index (κ1) is 19.6. The maximum absolute atomic E-state index is 9.14. The summed E-state index contributed by atoms with van der Waals surface area (Å²) in [4.78, 5) is 2.26. The van der Waals surface area contributed by atoms with Crippen molar-refractivity contribution >= 4 is 33.8 Å². The van der Waals surface area contributed by atoms with Gasteiger partial charge in [-0.2, -0.15) is 5.26 Å². The van der Waals surface area contributed by atoms with Crippen LogP contribution in [0.15, 0.2) is 42.5 Å². The molecule has 0 radical (unpaired) electrons. The summed E-state index contributed by atoms with van der Waals surface area (Å²) in [5.41, 5.74) is 1.34. The maximum atomic E-state index is 9.14. The lowest BCUT2D eigenvalue weighted by Crippen LogP contribution is -2.48. The second-order valence-electron chi connectivity index (χ2n) is 8.63. The van der Waals surface area contributed by atoms with Gasteiger partial charge in [-0.15, -0.1) is 0 Å². The standard InChI is InChI=1S/C23H29N3S/c1-17-14-19(16-23(2,3)15-17)26(13-7-12-24)22(27)25-21-11-6-9-18-8-4-5-10-20(18)21/h4-6,8-11,17,19H,7,13-16H2,1-3H3,(H,25,27)/t17-,19+/m0/s1. The lowest BCUT2D eigenvalue weighted by molar-refractivity contribution is 0.108. The summed E-state index contributed by atoms with van der Waals surface area (Å²) in [7, 11) is 0. The molecule has 0 aromatic heterocycles. The van der Waals surface area contributed by atoms with Gasteiger partial charge in [0.15, 0.2) is 5.11 Å². The van der Waals surface area contributed by atoms with Crippen LogP contribution in [0.4, 0.5) is 5.69 Å². The fourth-order valence-electron chi connectivity index (χ4n) is 4.67. The van der Waals surface area contributed by atoms with Gasteiger partial charge in [-0.3, -0.25) is 0 Å². The van der Waals surface area contributed by atoms with Crippen molar-refractivity contribution in [1.29, 1.82) is 5.26 Å². The zero-order chi connectivity index (χ0) is 19.4. The maximum Gasteiger partial charge on any atom is 0.173 e. The van der Waals surface area contributed by atoms with Crippen LogP contribution in [0.1, 0.15) is 46.5 Å². The number of rotatable bonds is 4. The predicted octanol–water partition coefficient (Wildman–Crippen LogP) is 5.97. The molecule has 2 aromatic rings. The second kappa shape index (κ2) is 8.27. The first-order chi connectivity index (χ1) is 12.9. The highest BCUT2D eigenvalue weighted by atomic mass is 32.1. The number of anilines is 1. The van der Waals surface area contributed by atoms with Gasteiger partial charge in [0.1, 0.15) is 0 Å². The molecule has 142 valence electrons. The summed E-state index contributed by atoms with van der Waals surface area (Å²) < 4.78 is 0. The summed E-state index contributed by atoms with van der Waals surface area (Å²) in [5.74, 6) is 0.670. The molecule has 0 saturated heterocycles. The monoisotopic (exact) mass is 379 g/mol.